The highest BCUT2D eigenvalue weighted by molar-refractivity contribution is 6.00. The van der Waals surface area contributed by atoms with Crippen LogP contribution in [-0.4, -0.2) is 5.78 Å². The van der Waals surface area contributed by atoms with E-state index in [9.17, 15) is 4.79 Å². The molecule has 3 heteroatoms. The molecule has 0 saturated heterocycles. The van der Waals surface area contributed by atoms with E-state index >= 15 is 0 Å². The number of nitrogens with one attached hydrogen (secondary N) is 1. The van der Waals surface area contributed by atoms with Gasteiger partial charge < -0.3 is 0 Å². The molecule has 2 aromatic rings. The molecule has 0 spiro atoms. The Labute approximate surface area is 100 Å². The molecule has 3 nitrogen and oxygen atoms in total. The number of nitrogens with two attached hydrogens (primary N) is 1. The van der Waals surface area contributed by atoms with Crippen molar-refractivity contribution in [2.75, 3.05) is 0 Å². The van der Waals surface area contributed by atoms with Crippen molar-refractivity contribution in [2.24, 2.45) is 5.84 Å². The third-order valence-corrected chi connectivity index (χ3v) is 2.62. The fraction of sp³-hybridized carbons (Fsp3) is 0.0714. The van der Waals surface area contributed by atoms with Crippen LogP contribution in [0.2, 0.25) is 0 Å². The molecular formula is C14H14N2O. The lowest BCUT2D eigenvalue weighted by molar-refractivity contribution is 0.0943. The van der Waals surface area contributed by atoms with Gasteiger partial charge in [-0.3, -0.25) is 10.6 Å². The van der Waals surface area contributed by atoms with E-state index in [1.165, 1.54) is 0 Å². The number of carbonyl (C=O) groups excluding carboxylic acids is 1. The van der Waals surface area contributed by atoms with Crippen molar-refractivity contribution in [3.63, 3.8) is 0 Å². The van der Waals surface area contributed by atoms with Gasteiger partial charge in [0.25, 0.3) is 0 Å². The molecule has 1 atom stereocenters. The monoisotopic (exact) mass is 226 g/mol. The average molecular weight is 226 g/mol. The summed E-state index contributed by atoms with van der Waals surface area (Å²) in [4.78, 5) is 12.2. The van der Waals surface area contributed by atoms with Gasteiger partial charge in [-0.2, -0.15) is 0 Å². The molecule has 1 unspecified atom stereocenters. The van der Waals surface area contributed by atoms with Crippen molar-refractivity contribution in [1.82, 2.24) is 5.43 Å². The normalized spacial score (nSPS) is 12.1. The van der Waals surface area contributed by atoms with Gasteiger partial charge in [-0.1, -0.05) is 60.7 Å². The minimum absolute atomic E-state index is 0.0284. The van der Waals surface area contributed by atoms with Crippen LogP contribution in [0.4, 0.5) is 0 Å². The Balaban J connectivity index is 2.29. The largest absolute Gasteiger partial charge is 0.292 e. The second kappa shape index (κ2) is 5.39. The van der Waals surface area contributed by atoms with E-state index in [1.807, 2.05) is 48.5 Å². The smallest absolute Gasteiger partial charge is 0.185 e. The van der Waals surface area contributed by atoms with Gasteiger partial charge in [-0.05, 0) is 5.56 Å². The van der Waals surface area contributed by atoms with Gasteiger partial charge in [0.1, 0.15) is 6.04 Å². The number of hydrogen-bond acceptors (Lipinski definition) is 3. The predicted molar refractivity (Wildman–Crippen MR) is 67.3 cm³/mol. The van der Waals surface area contributed by atoms with E-state index in [2.05, 4.69) is 5.43 Å². The molecule has 3 N–H and O–H groups in total. The van der Waals surface area contributed by atoms with E-state index in [1.54, 1.807) is 12.1 Å². The number of hydrogen-bond donors (Lipinski definition) is 2. The highest BCUT2D eigenvalue weighted by Gasteiger charge is 2.19. The molecule has 86 valence electrons. The van der Waals surface area contributed by atoms with Crippen LogP contribution >= 0.6 is 0 Å². The molecule has 17 heavy (non-hydrogen) atoms. The van der Waals surface area contributed by atoms with Crippen molar-refractivity contribution in [3.05, 3.63) is 71.8 Å². The van der Waals surface area contributed by atoms with Crippen LogP contribution in [0.25, 0.3) is 0 Å². The highest BCUT2D eigenvalue weighted by Crippen LogP contribution is 2.17. The first-order chi connectivity index (χ1) is 8.33. The zero-order valence-electron chi connectivity index (χ0n) is 9.34. The molecule has 0 bridgehead atoms. The maximum atomic E-state index is 12.2. The van der Waals surface area contributed by atoms with Crippen LogP contribution in [0.5, 0.6) is 0 Å². The molecule has 0 amide bonds. The first-order valence-corrected chi connectivity index (χ1v) is 5.43. The molecule has 0 radical (unpaired) electrons. The summed E-state index contributed by atoms with van der Waals surface area (Å²) < 4.78 is 0. The van der Waals surface area contributed by atoms with Crippen LogP contribution in [0.1, 0.15) is 22.0 Å². The molecule has 0 aliphatic heterocycles. The van der Waals surface area contributed by atoms with Crippen molar-refractivity contribution in [1.29, 1.82) is 0 Å². The van der Waals surface area contributed by atoms with E-state index in [-0.39, 0.29) is 5.78 Å². The summed E-state index contributed by atoms with van der Waals surface area (Å²) in [5.74, 6) is 5.44. The van der Waals surface area contributed by atoms with Gasteiger partial charge in [0, 0.05) is 5.56 Å². The number of carbonyl (C=O) groups is 1. The summed E-state index contributed by atoms with van der Waals surface area (Å²) in [5.41, 5.74) is 4.08. The Kier molecular flexibility index (Phi) is 3.65. The van der Waals surface area contributed by atoms with Crippen molar-refractivity contribution in [2.45, 2.75) is 6.04 Å². The molecule has 0 aromatic heterocycles. The summed E-state index contributed by atoms with van der Waals surface area (Å²) in [6.45, 7) is 0. The van der Waals surface area contributed by atoms with Gasteiger partial charge >= 0.3 is 0 Å². The second-order valence-corrected chi connectivity index (χ2v) is 3.74. The summed E-state index contributed by atoms with van der Waals surface area (Å²) in [6, 6.07) is 18.1. The van der Waals surface area contributed by atoms with Crippen LogP contribution < -0.4 is 11.3 Å². The maximum absolute atomic E-state index is 12.2. The Morgan fingerprint density at radius 1 is 0.941 bits per heavy atom. The first kappa shape index (κ1) is 11.5. The second-order valence-electron chi connectivity index (χ2n) is 3.74. The summed E-state index contributed by atoms with van der Waals surface area (Å²) >= 11 is 0. The summed E-state index contributed by atoms with van der Waals surface area (Å²) in [5, 5.41) is 0. The molecule has 0 fully saturated rings. The lowest BCUT2D eigenvalue weighted by atomic mass is 9.98. The van der Waals surface area contributed by atoms with Gasteiger partial charge in [0.05, 0.1) is 0 Å². The van der Waals surface area contributed by atoms with E-state index in [0.29, 0.717) is 5.56 Å². The number of benzene rings is 2. The first-order valence-electron chi connectivity index (χ1n) is 5.43. The fourth-order valence-corrected chi connectivity index (χ4v) is 1.74. The van der Waals surface area contributed by atoms with E-state index in [0.717, 1.165) is 5.56 Å². The lowest BCUT2D eigenvalue weighted by Crippen LogP contribution is -2.33. The van der Waals surface area contributed by atoms with Crippen LogP contribution in [-0.2, 0) is 0 Å². The Morgan fingerprint density at radius 2 is 1.47 bits per heavy atom. The van der Waals surface area contributed by atoms with E-state index < -0.39 is 6.04 Å². The maximum Gasteiger partial charge on any atom is 0.185 e. The molecule has 2 aromatic carbocycles. The zero-order valence-corrected chi connectivity index (χ0v) is 9.34. The van der Waals surface area contributed by atoms with Gasteiger partial charge in [-0.25, -0.2) is 5.43 Å². The Hall–Kier alpha value is -1.97. The third kappa shape index (κ3) is 2.58. The Morgan fingerprint density at radius 3 is 2.00 bits per heavy atom. The molecule has 0 aliphatic carbocycles. The summed E-state index contributed by atoms with van der Waals surface area (Å²) in [6.07, 6.45) is 0. The average Bonchev–Trinajstić information content (AvgIpc) is 2.42. The molecular weight excluding hydrogens is 212 g/mol. The van der Waals surface area contributed by atoms with Crippen LogP contribution in [0, 0.1) is 0 Å². The predicted octanol–water partition coefficient (Wildman–Crippen LogP) is 2.07. The fourth-order valence-electron chi connectivity index (χ4n) is 1.74. The minimum Gasteiger partial charge on any atom is -0.292 e. The number of ketones is 1. The van der Waals surface area contributed by atoms with Crippen LogP contribution in [0.3, 0.4) is 0 Å². The van der Waals surface area contributed by atoms with Crippen LogP contribution in [0.15, 0.2) is 60.7 Å². The van der Waals surface area contributed by atoms with Crippen molar-refractivity contribution in [3.8, 4) is 0 Å². The quantitative estimate of drug-likeness (QED) is 0.476. The molecule has 0 saturated carbocycles. The third-order valence-electron chi connectivity index (χ3n) is 2.62. The summed E-state index contributed by atoms with van der Waals surface area (Å²) in [7, 11) is 0. The highest BCUT2D eigenvalue weighted by atomic mass is 16.1. The number of rotatable bonds is 4. The molecule has 0 heterocycles. The zero-order chi connectivity index (χ0) is 12.1. The topological polar surface area (TPSA) is 55.1 Å². The lowest BCUT2D eigenvalue weighted by Gasteiger charge is -2.14. The molecule has 0 aliphatic rings. The number of Topliss-reactive ketones (excluding diaryl/α,β-unsaturated/α-hetero) is 1. The number of hydrazine groups is 1. The van der Waals surface area contributed by atoms with Crippen molar-refractivity contribution >= 4 is 5.78 Å². The Bertz CT molecular complexity index is 482. The SMILES string of the molecule is NNC(C(=O)c1ccccc1)c1ccccc1. The molecule has 2 rings (SSSR count). The minimum atomic E-state index is -0.501. The van der Waals surface area contributed by atoms with Crippen molar-refractivity contribution < 1.29 is 4.79 Å². The van der Waals surface area contributed by atoms with E-state index in [4.69, 9.17) is 5.84 Å². The van der Waals surface area contributed by atoms with Gasteiger partial charge in [-0.15, -0.1) is 0 Å². The standard InChI is InChI=1S/C14H14N2O/c15-16-13(11-7-3-1-4-8-11)14(17)12-9-5-2-6-10-12/h1-10,13,16H,15H2. The van der Waals surface area contributed by atoms with Gasteiger partial charge in [0.15, 0.2) is 5.78 Å². The van der Waals surface area contributed by atoms with Gasteiger partial charge in [0.2, 0.25) is 0 Å².